The Labute approximate surface area is 93.1 Å². The van der Waals surface area contributed by atoms with Gasteiger partial charge >= 0.3 is 0 Å². The van der Waals surface area contributed by atoms with E-state index in [1.807, 2.05) is 18.3 Å². The van der Waals surface area contributed by atoms with Crippen molar-refractivity contribution in [2.75, 3.05) is 0 Å². The Hall–Kier alpha value is -0.160. The van der Waals surface area contributed by atoms with Gasteiger partial charge in [-0.2, -0.15) is 0 Å². The average molecular weight is 290 g/mol. The predicted octanol–water partition coefficient (Wildman–Crippen LogP) is 2.73. The second-order valence-electron chi connectivity index (χ2n) is 3.64. The Morgan fingerprint density at radius 3 is 2.62 bits per heavy atom. The van der Waals surface area contributed by atoms with E-state index in [4.69, 9.17) is 5.73 Å². The number of nitrogens with two attached hydrogens (primary N) is 1. The van der Waals surface area contributed by atoms with Crippen LogP contribution in [-0.4, -0.2) is 4.98 Å². The molecule has 0 saturated carbocycles. The monoisotopic (exact) mass is 290 g/mol. The molecular weight excluding hydrogens is 275 g/mol. The number of aromatic nitrogens is 1. The summed E-state index contributed by atoms with van der Waals surface area (Å²) in [5.74, 6) is 0.621. The summed E-state index contributed by atoms with van der Waals surface area (Å²) in [5, 5.41) is 0. The number of nitrogens with zero attached hydrogens (tertiary/aromatic N) is 1. The van der Waals surface area contributed by atoms with Crippen LogP contribution in [0.3, 0.4) is 0 Å². The molecule has 0 amide bonds. The third-order valence-corrected chi connectivity index (χ3v) is 2.49. The highest BCUT2D eigenvalue weighted by Crippen LogP contribution is 2.17. The van der Waals surface area contributed by atoms with Crippen LogP contribution >= 0.6 is 22.6 Å². The topological polar surface area (TPSA) is 38.9 Å². The quantitative estimate of drug-likeness (QED) is 0.869. The number of hydrogen-bond donors (Lipinski definition) is 1. The highest BCUT2D eigenvalue weighted by Gasteiger charge is 2.08. The van der Waals surface area contributed by atoms with Gasteiger partial charge in [0.15, 0.2) is 0 Å². The fourth-order valence-corrected chi connectivity index (χ4v) is 1.55. The van der Waals surface area contributed by atoms with Crippen molar-refractivity contribution < 1.29 is 0 Å². The van der Waals surface area contributed by atoms with Gasteiger partial charge in [0, 0.05) is 15.8 Å². The van der Waals surface area contributed by atoms with Crippen LogP contribution in [0.25, 0.3) is 0 Å². The van der Waals surface area contributed by atoms with Gasteiger partial charge in [-0.1, -0.05) is 13.8 Å². The third-order valence-electron chi connectivity index (χ3n) is 1.86. The van der Waals surface area contributed by atoms with E-state index in [0.29, 0.717) is 5.92 Å². The van der Waals surface area contributed by atoms with E-state index < -0.39 is 0 Å². The van der Waals surface area contributed by atoms with E-state index in [0.717, 1.165) is 15.7 Å². The standard InChI is InChI=1S/C10H15IN2/c1-7(2)5-9(12)10-4-3-8(11)6-13-10/h3-4,6-7,9H,5,12H2,1-2H3. The molecule has 0 radical (unpaired) electrons. The van der Waals surface area contributed by atoms with Crippen molar-refractivity contribution in [3.05, 3.63) is 27.6 Å². The molecule has 3 heteroatoms. The van der Waals surface area contributed by atoms with Crippen molar-refractivity contribution in [1.29, 1.82) is 0 Å². The fraction of sp³-hybridized carbons (Fsp3) is 0.500. The molecule has 0 spiro atoms. The lowest BCUT2D eigenvalue weighted by atomic mass is 10.0. The molecule has 0 aliphatic carbocycles. The third kappa shape index (κ3) is 3.60. The Morgan fingerprint density at radius 2 is 2.15 bits per heavy atom. The first kappa shape index (κ1) is 10.9. The normalized spacial score (nSPS) is 13.3. The molecule has 1 aromatic rings. The highest BCUT2D eigenvalue weighted by molar-refractivity contribution is 14.1. The van der Waals surface area contributed by atoms with Crippen LogP contribution < -0.4 is 5.73 Å². The van der Waals surface area contributed by atoms with Crippen molar-refractivity contribution >= 4 is 22.6 Å². The first-order chi connectivity index (χ1) is 6.09. The molecular formula is C10H15IN2. The van der Waals surface area contributed by atoms with Crippen molar-refractivity contribution in [2.24, 2.45) is 11.7 Å². The molecule has 0 aliphatic heterocycles. The zero-order valence-corrected chi connectivity index (χ0v) is 10.2. The van der Waals surface area contributed by atoms with Gasteiger partial charge in [-0.25, -0.2) is 0 Å². The summed E-state index contributed by atoms with van der Waals surface area (Å²) in [6.45, 7) is 4.35. The summed E-state index contributed by atoms with van der Waals surface area (Å²) in [5.41, 5.74) is 6.98. The Kier molecular flexibility index (Phi) is 4.12. The van der Waals surface area contributed by atoms with Crippen LogP contribution in [0.1, 0.15) is 32.0 Å². The molecule has 1 atom stereocenters. The van der Waals surface area contributed by atoms with E-state index in [-0.39, 0.29) is 6.04 Å². The van der Waals surface area contributed by atoms with Gasteiger partial charge in [0.25, 0.3) is 0 Å². The maximum absolute atomic E-state index is 5.98. The van der Waals surface area contributed by atoms with E-state index >= 15 is 0 Å². The van der Waals surface area contributed by atoms with Gasteiger partial charge < -0.3 is 5.73 Å². The summed E-state index contributed by atoms with van der Waals surface area (Å²) >= 11 is 2.24. The van der Waals surface area contributed by atoms with Gasteiger partial charge in [-0.3, -0.25) is 4.98 Å². The molecule has 1 rings (SSSR count). The molecule has 0 saturated heterocycles. The van der Waals surface area contributed by atoms with Crippen LogP contribution in [0.2, 0.25) is 0 Å². The largest absolute Gasteiger partial charge is 0.323 e. The molecule has 2 nitrogen and oxygen atoms in total. The van der Waals surface area contributed by atoms with Crippen molar-refractivity contribution in [2.45, 2.75) is 26.3 Å². The summed E-state index contributed by atoms with van der Waals surface area (Å²) in [4.78, 5) is 4.30. The van der Waals surface area contributed by atoms with Gasteiger partial charge in [0.1, 0.15) is 0 Å². The average Bonchev–Trinajstić information content (AvgIpc) is 2.04. The lowest BCUT2D eigenvalue weighted by molar-refractivity contribution is 0.502. The minimum atomic E-state index is 0.0806. The Bertz CT molecular complexity index is 256. The van der Waals surface area contributed by atoms with Gasteiger partial charge in [0.05, 0.1) is 5.69 Å². The van der Waals surface area contributed by atoms with E-state index in [2.05, 4.69) is 41.4 Å². The van der Waals surface area contributed by atoms with Gasteiger partial charge in [-0.05, 0) is 47.1 Å². The van der Waals surface area contributed by atoms with Gasteiger partial charge in [0.2, 0.25) is 0 Å². The minimum absolute atomic E-state index is 0.0806. The van der Waals surface area contributed by atoms with Crippen molar-refractivity contribution in [3.63, 3.8) is 0 Å². The number of hydrogen-bond acceptors (Lipinski definition) is 2. The van der Waals surface area contributed by atoms with Crippen LogP contribution in [0, 0.1) is 9.49 Å². The summed E-state index contributed by atoms with van der Waals surface area (Å²) in [6, 6.07) is 4.13. The van der Waals surface area contributed by atoms with Crippen LogP contribution in [0.5, 0.6) is 0 Å². The SMILES string of the molecule is CC(C)CC(N)c1ccc(I)cn1. The second kappa shape index (κ2) is 4.91. The molecule has 1 heterocycles. The molecule has 0 aromatic carbocycles. The predicted molar refractivity (Wildman–Crippen MR) is 63.3 cm³/mol. The van der Waals surface area contributed by atoms with Crippen molar-refractivity contribution in [1.82, 2.24) is 4.98 Å². The molecule has 0 bridgehead atoms. The van der Waals surface area contributed by atoms with Crippen LogP contribution in [-0.2, 0) is 0 Å². The zero-order chi connectivity index (χ0) is 9.84. The molecule has 2 N–H and O–H groups in total. The van der Waals surface area contributed by atoms with Crippen LogP contribution in [0.15, 0.2) is 18.3 Å². The lowest BCUT2D eigenvalue weighted by Gasteiger charge is -2.12. The van der Waals surface area contributed by atoms with Gasteiger partial charge in [-0.15, -0.1) is 0 Å². The van der Waals surface area contributed by atoms with Crippen LogP contribution in [0.4, 0.5) is 0 Å². The maximum atomic E-state index is 5.98. The number of pyridine rings is 1. The molecule has 1 aromatic heterocycles. The first-order valence-corrected chi connectivity index (χ1v) is 5.54. The van der Waals surface area contributed by atoms with Crippen molar-refractivity contribution in [3.8, 4) is 0 Å². The Balaban J connectivity index is 2.66. The number of rotatable bonds is 3. The smallest absolute Gasteiger partial charge is 0.0571 e. The highest BCUT2D eigenvalue weighted by atomic mass is 127. The van der Waals surface area contributed by atoms with E-state index in [9.17, 15) is 0 Å². The molecule has 0 aliphatic rings. The Morgan fingerprint density at radius 1 is 1.46 bits per heavy atom. The van der Waals surface area contributed by atoms with E-state index in [1.54, 1.807) is 0 Å². The lowest BCUT2D eigenvalue weighted by Crippen LogP contribution is -2.14. The summed E-state index contributed by atoms with van der Waals surface area (Å²) < 4.78 is 1.15. The summed E-state index contributed by atoms with van der Waals surface area (Å²) in [6.07, 6.45) is 2.85. The minimum Gasteiger partial charge on any atom is -0.323 e. The van der Waals surface area contributed by atoms with E-state index in [1.165, 1.54) is 0 Å². The molecule has 13 heavy (non-hydrogen) atoms. The molecule has 1 unspecified atom stereocenters. The molecule has 0 fully saturated rings. The first-order valence-electron chi connectivity index (χ1n) is 4.46. The summed E-state index contributed by atoms with van der Waals surface area (Å²) in [7, 11) is 0. The second-order valence-corrected chi connectivity index (χ2v) is 4.88. The fourth-order valence-electron chi connectivity index (χ4n) is 1.24. The zero-order valence-electron chi connectivity index (χ0n) is 8.00. The molecule has 72 valence electrons. The number of halogens is 1. The maximum Gasteiger partial charge on any atom is 0.0571 e.